The lowest BCUT2D eigenvalue weighted by molar-refractivity contribution is 0.951. The van der Waals surface area contributed by atoms with Gasteiger partial charge in [0.05, 0.1) is 6.42 Å². The first kappa shape index (κ1) is 7.32. The van der Waals surface area contributed by atoms with Crippen LogP contribution < -0.4 is 10.3 Å². The van der Waals surface area contributed by atoms with Gasteiger partial charge >= 0.3 is 0 Å². The molecule has 0 aromatic heterocycles. The molecular formula is C8H14N2+. The van der Waals surface area contributed by atoms with Crippen molar-refractivity contribution in [2.45, 2.75) is 33.6 Å². The topological polar surface area (TPSA) is 26.1 Å². The molecule has 0 fully saturated rings. The quantitative estimate of drug-likeness (QED) is 0.613. The van der Waals surface area contributed by atoms with Crippen LogP contribution in [-0.2, 0) is 0 Å². The third-order valence-corrected chi connectivity index (χ3v) is 1.66. The van der Waals surface area contributed by atoms with Crippen molar-refractivity contribution >= 4 is 5.84 Å². The molecule has 2 heteroatoms. The predicted molar refractivity (Wildman–Crippen MR) is 43.6 cm³/mol. The third kappa shape index (κ3) is 1.38. The van der Waals surface area contributed by atoms with Crippen LogP contribution >= 0.6 is 0 Å². The van der Waals surface area contributed by atoms with Crippen molar-refractivity contribution in [2.75, 3.05) is 0 Å². The van der Waals surface area contributed by atoms with E-state index >= 15 is 0 Å². The monoisotopic (exact) mass is 138 g/mol. The summed E-state index contributed by atoms with van der Waals surface area (Å²) in [6.07, 6.45) is 2.22. The van der Waals surface area contributed by atoms with Gasteiger partial charge in [-0.2, -0.15) is 0 Å². The Morgan fingerprint density at radius 3 is 2.50 bits per heavy atom. The highest BCUT2D eigenvalue weighted by Crippen LogP contribution is 2.03. The molecule has 1 rings (SSSR count). The molecule has 55 valence electrons. The Hall–Kier alpha value is -0.790. The highest BCUT2D eigenvalue weighted by molar-refractivity contribution is 5.85. The maximum absolute atomic E-state index is 4.34. The van der Waals surface area contributed by atoms with Crippen LogP contribution in [0.15, 0.2) is 11.4 Å². The third-order valence-electron chi connectivity index (χ3n) is 1.66. The fourth-order valence-electron chi connectivity index (χ4n) is 0.976. The number of allylic oxidation sites excluding steroid dienone is 2. The maximum Gasteiger partial charge on any atom is 0.296 e. The molecule has 1 N–H and O–H groups in total. The molecule has 0 saturated carbocycles. The zero-order chi connectivity index (χ0) is 7.56. The van der Waals surface area contributed by atoms with Crippen molar-refractivity contribution < 1.29 is 0 Å². The zero-order valence-corrected chi connectivity index (χ0v) is 6.86. The summed E-state index contributed by atoms with van der Waals surface area (Å²) in [5, 5.41) is 3.23. The molecule has 0 aromatic rings. The summed E-state index contributed by atoms with van der Waals surface area (Å²) >= 11 is 0. The predicted octanol–water partition coefficient (Wildman–Crippen LogP) is 1.38. The van der Waals surface area contributed by atoms with Crippen molar-refractivity contribution in [1.82, 2.24) is 10.3 Å². The molecule has 2 nitrogen and oxygen atoms in total. The Morgan fingerprint density at radius 2 is 2.10 bits per heavy atom. The van der Waals surface area contributed by atoms with Gasteiger partial charge in [0.15, 0.2) is 5.70 Å². The van der Waals surface area contributed by atoms with E-state index in [0.717, 1.165) is 24.4 Å². The van der Waals surface area contributed by atoms with E-state index in [1.165, 1.54) is 5.70 Å². The maximum atomic E-state index is 4.34. The molecule has 1 radical (unpaired) electrons. The lowest BCUT2D eigenvalue weighted by Gasteiger charge is -1.88. The molecule has 1 heterocycles. The Balaban J connectivity index is 2.52. The molecule has 0 spiro atoms. The summed E-state index contributed by atoms with van der Waals surface area (Å²) in [4.78, 5) is 4.34. The van der Waals surface area contributed by atoms with Crippen molar-refractivity contribution in [3.05, 3.63) is 11.4 Å². The molecule has 0 amide bonds. The highest BCUT2D eigenvalue weighted by Gasteiger charge is 2.19. The van der Waals surface area contributed by atoms with Crippen LogP contribution in [0.4, 0.5) is 0 Å². The minimum Gasteiger partial charge on any atom is -0.242 e. The van der Waals surface area contributed by atoms with E-state index in [1.54, 1.807) is 0 Å². The number of aliphatic imine (C=N–C) groups is 1. The van der Waals surface area contributed by atoms with Crippen LogP contribution in [0.2, 0.25) is 0 Å². The summed E-state index contributed by atoms with van der Waals surface area (Å²) in [6.45, 7) is 6.25. The molecule has 1 aliphatic rings. The first-order valence-electron chi connectivity index (χ1n) is 3.76. The van der Waals surface area contributed by atoms with Gasteiger partial charge in [-0.3, -0.25) is 0 Å². The molecule has 0 aliphatic carbocycles. The Kier molecular flexibility index (Phi) is 2.10. The normalized spacial score (nSPS) is 17.3. The number of nitrogens with zero attached hydrogens (tertiary/aromatic N) is 1. The van der Waals surface area contributed by atoms with Crippen LogP contribution in [0.3, 0.4) is 0 Å². The van der Waals surface area contributed by atoms with Crippen LogP contribution in [0.1, 0.15) is 33.6 Å². The highest BCUT2D eigenvalue weighted by atomic mass is 15.1. The minimum absolute atomic E-state index is 1.06. The molecule has 0 atom stereocenters. The number of nitrogens with one attached hydrogen (secondary N) is 1. The molecule has 0 bridgehead atoms. The molecule has 1 aliphatic heterocycles. The summed E-state index contributed by atoms with van der Waals surface area (Å²) in [6, 6.07) is 0. The van der Waals surface area contributed by atoms with E-state index < -0.39 is 0 Å². The molecule has 0 saturated heterocycles. The molecule has 0 unspecified atom stereocenters. The average molecular weight is 138 g/mol. The van der Waals surface area contributed by atoms with Crippen LogP contribution in [0.25, 0.3) is 0 Å². The Morgan fingerprint density at radius 1 is 1.40 bits per heavy atom. The lowest BCUT2D eigenvalue weighted by atomic mass is 10.3. The molecular weight excluding hydrogens is 124 g/mol. The van der Waals surface area contributed by atoms with E-state index in [4.69, 9.17) is 0 Å². The van der Waals surface area contributed by atoms with E-state index in [-0.39, 0.29) is 0 Å². The zero-order valence-electron chi connectivity index (χ0n) is 6.86. The number of amidine groups is 1. The van der Waals surface area contributed by atoms with E-state index in [2.05, 4.69) is 24.2 Å². The standard InChI is InChI=1S/C8H14N2/c1-4-5-8-9-6(2)7(3)10-8/h9H,4-5H2,1-3H3/q+1. The van der Waals surface area contributed by atoms with E-state index in [9.17, 15) is 0 Å². The molecule has 10 heavy (non-hydrogen) atoms. The SMILES string of the molecule is CCCC1=[N+]C(C)=C(C)N1. The molecule has 0 aromatic carbocycles. The first-order valence-corrected chi connectivity index (χ1v) is 3.76. The summed E-state index contributed by atoms with van der Waals surface area (Å²) < 4.78 is 0. The Bertz CT molecular complexity index is 189. The average Bonchev–Trinajstić information content (AvgIpc) is 2.14. The second-order valence-corrected chi connectivity index (χ2v) is 2.64. The fourth-order valence-corrected chi connectivity index (χ4v) is 0.976. The summed E-state index contributed by atoms with van der Waals surface area (Å²) in [5.74, 6) is 1.12. The van der Waals surface area contributed by atoms with Crippen LogP contribution in [0, 0.1) is 0 Å². The van der Waals surface area contributed by atoms with Crippen molar-refractivity contribution in [2.24, 2.45) is 0 Å². The van der Waals surface area contributed by atoms with Gasteiger partial charge in [0.25, 0.3) is 5.84 Å². The lowest BCUT2D eigenvalue weighted by Crippen LogP contribution is -2.18. The van der Waals surface area contributed by atoms with Crippen molar-refractivity contribution in [3.63, 3.8) is 0 Å². The van der Waals surface area contributed by atoms with Gasteiger partial charge in [0.2, 0.25) is 0 Å². The van der Waals surface area contributed by atoms with Crippen molar-refractivity contribution in [3.8, 4) is 0 Å². The largest absolute Gasteiger partial charge is 0.296 e. The smallest absolute Gasteiger partial charge is 0.242 e. The van der Waals surface area contributed by atoms with Gasteiger partial charge in [-0.05, 0) is 11.4 Å². The number of hydrogen-bond donors (Lipinski definition) is 1. The van der Waals surface area contributed by atoms with Gasteiger partial charge in [0.1, 0.15) is 5.70 Å². The second-order valence-electron chi connectivity index (χ2n) is 2.64. The fraction of sp³-hybridized carbons (Fsp3) is 0.625. The van der Waals surface area contributed by atoms with Crippen molar-refractivity contribution in [1.29, 1.82) is 0 Å². The van der Waals surface area contributed by atoms with Gasteiger partial charge in [0, 0.05) is 13.8 Å². The first-order chi connectivity index (χ1) is 4.74. The Labute approximate surface area is 62.0 Å². The second kappa shape index (κ2) is 2.86. The van der Waals surface area contributed by atoms with E-state index in [1.807, 2.05) is 6.92 Å². The van der Waals surface area contributed by atoms with Crippen LogP contribution in [-0.4, -0.2) is 5.84 Å². The number of rotatable bonds is 2. The van der Waals surface area contributed by atoms with E-state index in [0.29, 0.717) is 0 Å². The van der Waals surface area contributed by atoms with Gasteiger partial charge in [-0.15, -0.1) is 0 Å². The van der Waals surface area contributed by atoms with Gasteiger partial charge in [-0.1, -0.05) is 6.92 Å². The van der Waals surface area contributed by atoms with Crippen LogP contribution in [0.5, 0.6) is 0 Å². The minimum atomic E-state index is 1.06. The number of hydrogen-bond acceptors (Lipinski definition) is 2. The van der Waals surface area contributed by atoms with Gasteiger partial charge in [-0.25, -0.2) is 5.32 Å². The van der Waals surface area contributed by atoms with Gasteiger partial charge < -0.3 is 0 Å². The summed E-state index contributed by atoms with van der Waals surface area (Å²) in [7, 11) is 0. The summed E-state index contributed by atoms with van der Waals surface area (Å²) in [5.41, 5.74) is 2.33.